The van der Waals surface area contributed by atoms with Crippen molar-refractivity contribution in [1.29, 1.82) is 0 Å². The summed E-state index contributed by atoms with van der Waals surface area (Å²) in [4.78, 5) is 48.7. The first-order chi connectivity index (χ1) is 23.0. The summed E-state index contributed by atoms with van der Waals surface area (Å²) in [5.41, 5.74) is 8.58. The summed E-state index contributed by atoms with van der Waals surface area (Å²) in [6.45, 7) is 7.08. The van der Waals surface area contributed by atoms with Gasteiger partial charge in [0.1, 0.15) is 16.8 Å². The number of fused-ring (bicyclic) bond motifs is 4. The summed E-state index contributed by atoms with van der Waals surface area (Å²) in [5.74, 6) is -0.126. The fourth-order valence-corrected chi connectivity index (χ4v) is 6.60. The van der Waals surface area contributed by atoms with Gasteiger partial charge in [0.25, 0.3) is 5.56 Å². The Kier molecular flexibility index (Phi) is 9.86. The highest BCUT2D eigenvalue weighted by atomic mass is 35.5. The topological polar surface area (TPSA) is 124 Å². The van der Waals surface area contributed by atoms with Crippen molar-refractivity contribution in [1.82, 2.24) is 30.7 Å². The van der Waals surface area contributed by atoms with Crippen LogP contribution in [0.4, 0.5) is 16.2 Å². The molecule has 0 saturated carbocycles. The van der Waals surface area contributed by atoms with Gasteiger partial charge in [0, 0.05) is 42.0 Å². The maximum absolute atomic E-state index is 13.9. The second kappa shape index (κ2) is 14.1. The zero-order valence-electron chi connectivity index (χ0n) is 27.2. The van der Waals surface area contributed by atoms with Crippen LogP contribution in [0.25, 0.3) is 11.3 Å². The molecule has 0 aliphatic carbocycles. The van der Waals surface area contributed by atoms with Gasteiger partial charge in [-0.05, 0) is 69.5 Å². The van der Waals surface area contributed by atoms with E-state index in [0.29, 0.717) is 53.2 Å². The van der Waals surface area contributed by atoms with Crippen LogP contribution in [0.1, 0.15) is 58.1 Å². The molecule has 3 aliphatic rings. The van der Waals surface area contributed by atoms with Gasteiger partial charge in [-0.1, -0.05) is 48.2 Å². The Hall–Kier alpha value is -4.26. The Morgan fingerprint density at radius 1 is 1.00 bits per heavy atom. The highest BCUT2D eigenvalue weighted by Crippen LogP contribution is 2.34. The summed E-state index contributed by atoms with van der Waals surface area (Å²) in [7, 11) is 0. The first-order valence-electron chi connectivity index (χ1n) is 16.2. The van der Waals surface area contributed by atoms with Crippen molar-refractivity contribution in [2.24, 2.45) is 0 Å². The van der Waals surface area contributed by atoms with E-state index in [2.05, 4.69) is 16.3 Å². The summed E-state index contributed by atoms with van der Waals surface area (Å²) >= 11 is 12.5. The molecule has 254 valence electrons. The number of hydrazine groups is 2. The van der Waals surface area contributed by atoms with Crippen LogP contribution < -0.4 is 31.7 Å². The van der Waals surface area contributed by atoms with Crippen LogP contribution in [0.2, 0.25) is 5.02 Å². The highest BCUT2D eigenvalue weighted by molar-refractivity contribution is 6.31. The van der Waals surface area contributed by atoms with Crippen molar-refractivity contribution in [2.45, 2.75) is 64.1 Å². The summed E-state index contributed by atoms with van der Waals surface area (Å²) < 4.78 is 7.30. The number of amides is 2. The van der Waals surface area contributed by atoms with Gasteiger partial charge in [-0.3, -0.25) is 24.6 Å². The Balaban J connectivity index is 1.32. The standard InChI is InChI=1S/C34H40Cl2N8O4/c1-34(2,3)48-33(47)41-14-15-42-24-9-7-8-22(16-24)27(10-5-4-6-13-37-32(46)29(42)19-41)43-21-38-26(18-31(43)45)25-17-23(35)11-12-28(25)44-20-30(36)39-40-44/h7-9,11-12,16-18,20-21,27,29,39-40H,4-6,10,13-15,19H2,1-3H3,(H,37,46)/t27-,29+/m0/s1. The van der Waals surface area contributed by atoms with Gasteiger partial charge in [-0.2, -0.15) is 0 Å². The molecule has 2 amide bonds. The number of ether oxygens (including phenoxy) is 1. The molecule has 14 heteroatoms. The zero-order valence-corrected chi connectivity index (χ0v) is 28.7. The fraction of sp³-hybridized carbons (Fsp3) is 0.412. The summed E-state index contributed by atoms with van der Waals surface area (Å²) in [6.07, 6.45) is 6.07. The van der Waals surface area contributed by atoms with E-state index in [1.165, 1.54) is 6.07 Å². The minimum atomic E-state index is -0.639. The molecule has 2 atom stereocenters. The summed E-state index contributed by atoms with van der Waals surface area (Å²) in [5, 5.41) is 5.70. The number of hydrogen-bond donors (Lipinski definition) is 3. The number of rotatable bonds is 3. The molecule has 0 radical (unpaired) electrons. The van der Waals surface area contributed by atoms with E-state index >= 15 is 0 Å². The monoisotopic (exact) mass is 694 g/mol. The van der Waals surface area contributed by atoms with Crippen LogP contribution in [-0.2, 0) is 9.53 Å². The summed E-state index contributed by atoms with van der Waals surface area (Å²) in [6, 6.07) is 14.0. The predicted octanol–water partition coefficient (Wildman–Crippen LogP) is 5.14. The number of aromatic nitrogens is 2. The molecule has 1 fully saturated rings. The van der Waals surface area contributed by atoms with Crippen LogP contribution in [0.5, 0.6) is 0 Å². The molecule has 3 N–H and O–H groups in total. The number of piperazine rings is 1. The molecule has 4 heterocycles. The number of nitrogens with one attached hydrogen (secondary N) is 3. The fourth-order valence-electron chi connectivity index (χ4n) is 6.29. The van der Waals surface area contributed by atoms with Crippen LogP contribution in [0.15, 0.2) is 71.0 Å². The van der Waals surface area contributed by atoms with Gasteiger partial charge in [0.2, 0.25) is 5.91 Å². The van der Waals surface area contributed by atoms with Crippen molar-refractivity contribution in [3.05, 3.63) is 87.2 Å². The van der Waals surface area contributed by atoms with Crippen molar-refractivity contribution >= 4 is 46.6 Å². The second-order valence-corrected chi connectivity index (χ2v) is 14.0. The van der Waals surface area contributed by atoms with E-state index in [0.717, 1.165) is 30.5 Å². The van der Waals surface area contributed by atoms with Crippen LogP contribution in [0.3, 0.4) is 0 Å². The third-order valence-corrected chi connectivity index (χ3v) is 9.01. The van der Waals surface area contributed by atoms with E-state index in [1.807, 2.05) is 56.0 Å². The molecule has 3 aromatic rings. The Labute approximate surface area is 289 Å². The molecule has 0 unspecified atom stereocenters. The molecule has 6 rings (SSSR count). The number of carbonyl (C=O) groups is 2. The van der Waals surface area contributed by atoms with Crippen molar-refractivity contribution in [2.75, 3.05) is 36.1 Å². The largest absolute Gasteiger partial charge is 0.444 e. The smallest absolute Gasteiger partial charge is 0.410 e. The van der Waals surface area contributed by atoms with Crippen LogP contribution >= 0.6 is 23.2 Å². The van der Waals surface area contributed by atoms with Gasteiger partial charge in [0.05, 0.1) is 36.5 Å². The van der Waals surface area contributed by atoms with Crippen LogP contribution in [0, 0.1) is 0 Å². The number of carbonyl (C=O) groups excluding carboxylic acids is 2. The molecule has 48 heavy (non-hydrogen) atoms. The van der Waals surface area contributed by atoms with E-state index in [1.54, 1.807) is 39.1 Å². The Morgan fingerprint density at radius 2 is 1.83 bits per heavy atom. The quantitative estimate of drug-likeness (QED) is 0.320. The van der Waals surface area contributed by atoms with Crippen molar-refractivity contribution in [3.63, 3.8) is 0 Å². The molecule has 1 aromatic heterocycles. The number of hydrogen-bond acceptors (Lipinski definition) is 9. The maximum Gasteiger partial charge on any atom is 0.410 e. The lowest BCUT2D eigenvalue weighted by Gasteiger charge is -2.42. The lowest BCUT2D eigenvalue weighted by atomic mass is 9.98. The highest BCUT2D eigenvalue weighted by Gasteiger charge is 2.36. The van der Waals surface area contributed by atoms with E-state index in [4.69, 9.17) is 32.9 Å². The lowest BCUT2D eigenvalue weighted by molar-refractivity contribution is -0.123. The SMILES string of the molecule is CC(C)(C)OC(=O)N1CCN2c3cccc(c3)[C@@H](n3cnc(-c4cc(Cl)ccc4N4C=C(Cl)NN4)cc3=O)CCCCCNC(=O)[C@H]2C1. The third-order valence-electron chi connectivity index (χ3n) is 8.58. The zero-order chi connectivity index (χ0) is 34.0. The van der Waals surface area contributed by atoms with Crippen molar-refractivity contribution < 1.29 is 14.3 Å². The van der Waals surface area contributed by atoms with Crippen LogP contribution in [-0.4, -0.2) is 64.3 Å². The molecule has 1 saturated heterocycles. The van der Waals surface area contributed by atoms with Gasteiger partial charge >= 0.3 is 6.09 Å². The van der Waals surface area contributed by atoms with E-state index in [-0.39, 0.29) is 24.1 Å². The maximum atomic E-state index is 13.9. The molecular weight excluding hydrogens is 655 g/mol. The lowest BCUT2D eigenvalue weighted by Crippen LogP contribution is -2.60. The molecule has 12 nitrogen and oxygen atoms in total. The number of nitrogens with zero attached hydrogens (tertiary/aromatic N) is 5. The van der Waals surface area contributed by atoms with Gasteiger partial charge in [-0.15, -0.1) is 5.53 Å². The number of halogens is 2. The second-order valence-electron chi connectivity index (χ2n) is 13.2. The third kappa shape index (κ3) is 7.56. The average Bonchev–Trinajstić information content (AvgIpc) is 3.49. The minimum Gasteiger partial charge on any atom is -0.444 e. The van der Waals surface area contributed by atoms with E-state index < -0.39 is 17.7 Å². The Bertz CT molecular complexity index is 1770. The average molecular weight is 696 g/mol. The molecular formula is C34H40Cl2N8O4. The Morgan fingerprint density at radius 3 is 2.58 bits per heavy atom. The normalized spacial score (nSPS) is 20.4. The van der Waals surface area contributed by atoms with E-state index in [9.17, 15) is 14.4 Å². The molecule has 0 spiro atoms. The predicted molar refractivity (Wildman–Crippen MR) is 187 cm³/mol. The number of benzene rings is 2. The van der Waals surface area contributed by atoms with Gasteiger partial charge < -0.3 is 19.9 Å². The molecule has 2 bridgehead atoms. The van der Waals surface area contributed by atoms with Gasteiger partial charge in [0.15, 0.2) is 0 Å². The first-order valence-corrected chi connectivity index (χ1v) is 16.9. The van der Waals surface area contributed by atoms with Crippen molar-refractivity contribution in [3.8, 4) is 11.3 Å². The molecule has 2 aromatic carbocycles. The first kappa shape index (κ1) is 33.6. The van der Waals surface area contributed by atoms with Gasteiger partial charge in [-0.25, -0.2) is 9.78 Å². The number of anilines is 2. The minimum absolute atomic E-state index is 0.126. The molecule has 3 aliphatic heterocycles.